The van der Waals surface area contributed by atoms with Gasteiger partial charge in [0.15, 0.2) is 0 Å². The van der Waals surface area contributed by atoms with Gasteiger partial charge in [0, 0.05) is 30.0 Å². The fourth-order valence-corrected chi connectivity index (χ4v) is 6.13. The predicted octanol–water partition coefficient (Wildman–Crippen LogP) is 4.68. The lowest BCUT2D eigenvalue weighted by Crippen LogP contribution is -2.49. The number of H-pyrrole nitrogens is 1. The SMILES string of the molecule is CC1(C)OC(=O)N2C[C@H](O)CC2C(=O)NCC2CC(C2)c2c([nH]c3c(F)cc(F)cc23)-c2ccc(F)c1c2. The van der Waals surface area contributed by atoms with Crippen LogP contribution in [0.2, 0.25) is 0 Å². The van der Waals surface area contributed by atoms with E-state index in [1.54, 1.807) is 12.1 Å². The topological polar surface area (TPSA) is 94.7 Å². The fourth-order valence-electron chi connectivity index (χ4n) is 6.13. The normalized spacial score (nSPS) is 26.8. The summed E-state index contributed by atoms with van der Waals surface area (Å²) >= 11 is 0. The number of halogens is 3. The Kier molecular flexibility index (Phi) is 5.71. The molecule has 4 heterocycles. The van der Waals surface area contributed by atoms with Gasteiger partial charge in [-0.05, 0) is 73.9 Å². The summed E-state index contributed by atoms with van der Waals surface area (Å²) in [4.78, 5) is 30.4. The number of aromatic amines is 1. The number of fused-ring (bicyclic) bond motifs is 5. The average Bonchev–Trinajstić information content (AvgIpc) is 3.39. The van der Waals surface area contributed by atoms with E-state index in [4.69, 9.17) is 4.74 Å². The van der Waals surface area contributed by atoms with Gasteiger partial charge in [0.1, 0.15) is 29.1 Å². The Bertz CT molecular complexity index is 1460. The zero-order valence-electron chi connectivity index (χ0n) is 21.0. The molecule has 3 aromatic rings. The highest BCUT2D eigenvalue weighted by Gasteiger charge is 2.43. The maximum Gasteiger partial charge on any atom is 0.411 e. The first-order chi connectivity index (χ1) is 18.0. The number of amides is 2. The highest BCUT2D eigenvalue weighted by molar-refractivity contribution is 5.92. The van der Waals surface area contributed by atoms with Crippen molar-refractivity contribution in [1.82, 2.24) is 15.2 Å². The molecule has 2 atom stereocenters. The molecule has 2 amide bonds. The molecule has 1 aromatic heterocycles. The molecule has 7 rings (SSSR count). The summed E-state index contributed by atoms with van der Waals surface area (Å²) in [5, 5.41) is 13.5. The minimum Gasteiger partial charge on any atom is -0.438 e. The monoisotopic (exact) mass is 527 g/mol. The van der Waals surface area contributed by atoms with Crippen molar-refractivity contribution in [1.29, 1.82) is 0 Å². The number of aromatic nitrogens is 1. The molecule has 1 saturated heterocycles. The lowest BCUT2D eigenvalue weighted by molar-refractivity contribution is -0.126. The second-order valence-electron chi connectivity index (χ2n) is 11.1. The molecule has 0 radical (unpaired) electrons. The molecule has 200 valence electrons. The Morgan fingerprint density at radius 3 is 2.58 bits per heavy atom. The van der Waals surface area contributed by atoms with Crippen molar-refractivity contribution in [3.8, 4) is 11.3 Å². The van der Waals surface area contributed by atoms with E-state index < -0.39 is 47.2 Å². The Balaban J connectivity index is 1.50. The molecule has 1 aliphatic carbocycles. The molecule has 1 saturated carbocycles. The first-order valence-corrected chi connectivity index (χ1v) is 12.8. The van der Waals surface area contributed by atoms with Crippen molar-refractivity contribution in [3.63, 3.8) is 0 Å². The van der Waals surface area contributed by atoms with E-state index in [-0.39, 0.29) is 35.9 Å². The summed E-state index contributed by atoms with van der Waals surface area (Å²) in [6, 6.07) is 5.59. The fraction of sp³-hybridized carbons (Fsp3) is 0.429. The van der Waals surface area contributed by atoms with Crippen LogP contribution in [0.25, 0.3) is 22.2 Å². The lowest BCUT2D eigenvalue weighted by atomic mass is 9.70. The molecule has 1 unspecified atom stereocenters. The van der Waals surface area contributed by atoms with Crippen LogP contribution in [-0.4, -0.2) is 52.2 Å². The molecular weight excluding hydrogens is 499 g/mol. The standard InChI is InChI=1S/C28H28F3N3O4/c1-28(2)19-7-14(3-4-20(19)30)24-23(18-8-16(29)9-21(31)25(18)33-24)15-5-13(6-15)11-32-26(36)22-10-17(35)12-34(22)27(37)38-28/h3-4,7-9,13,15,17,22,33,35H,5-6,10-12H2,1-2H3,(H,32,36)/t13?,15?,17-,22?/m1/s1. The lowest BCUT2D eigenvalue weighted by Gasteiger charge is -2.37. The molecule has 0 spiro atoms. The van der Waals surface area contributed by atoms with Crippen molar-refractivity contribution >= 4 is 22.9 Å². The molecule has 38 heavy (non-hydrogen) atoms. The smallest absolute Gasteiger partial charge is 0.411 e. The third-order valence-corrected chi connectivity index (χ3v) is 8.14. The van der Waals surface area contributed by atoms with Crippen LogP contribution in [0.4, 0.5) is 18.0 Å². The Hall–Kier alpha value is -3.53. The van der Waals surface area contributed by atoms with E-state index >= 15 is 4.39 Å². The molecule has 3 aliphatic heterocycles. The first kappa shape index (κ1) is 24.8. The van der Waals surface area contributed by atoms with Crippen molar-refractivity contribution < 1.29 is 32.6 Å². The second kappa shape index (κ2) is 8.76. The van der Waals surface area contributed by atoms with Crippen LogP contribution >= 0.6 is 0 Å². The summed E-state index contributed by atoms with van der Waals surface area (Å²) < 4.78 is 49.9. The van der Waals surface area contributed by atoms with Gasteiger partial charge in [0.25, 0.3) is 0 Å². The molecule has 2 fully saturated rings. The van der Waals surface area contributed by atoms with E-state index in [1.807, 2.05) is 0 Å². The van der Waals surface area contributed by atoms with Crippen LogP contribution in [0, 0.1) is 23.4 Å². The van der Waals surface area contributed by atoms with Gasteiger partial charge in [-0.1, -0.05) is 0 Å². The largest absolute Gasteiger partial charge is 0.438 e. The van der Waals surface area contributed by atoms with E-state index in [2.05, 4.69) is 10.3 Å². The number of aliphatic hydroxyl groups is 1. The average molecular weight is 528 g/mol. The number of ether oxygens (including phenoxy) is 1. The summed E-state index contributed by atoms with van der Waals surface area (Å²) in [6.45, 7) is 3.38. The molecule has 7 nitrogen and oxygen atoms in total. The van der Waals surface area contributed by atoms with Gasteiger partial charge < -0.3 is 20.1 Å². The number of carbonyl (C=O) groups excluding carboxylic acids is 2. The van der Waals surface area contributed by atoms with Crippen LogP contribution in [0.1, 0.15) is 50.2 Å². The van der Waals surface area contributed by atoms with Gasteiger partial charge in [-0.3, -0.25) is 9.69 Å². The van der Waals surface area contributed by atoms with Crippen LogP contribution < -0.4 is 5.32 Å². The number of aliphatic hydroxyl groups excluding tert-OH is 1. The number of hydrogen-bond acceptors (Lipinski definition) is 4. The maximum atomic E-state index is 15.2. The Morgan fingerprint density at radius 2 is 1.82 bits per heavy atom. The molecule has 2 aromatic carbocycles. The zero-order chi connectivity index (χ0) is 26.9. The van der Waals surface area contributed by atoms with E-state index in [0.717, 1.165) is 11.6 Å². The van der Waals surface area contributed by atoms with Gasteiger partial charge in [-0.2, -0.15) is 0 Å². The summed E-state index contributed by atoms with van der Waals surface area (Å²) in [7, 11) is 0. The quantitative estimate of drug-likeness (QED) is 0.396. The number of nitrogens with one attached hydrogen (secondary N) is 2. The third-order valence-electron chi connectivity index (χ3n) is 8.14. The molecule has 3 N–H and O–H groups in total. The number of benzene rings is 2. The molecule has 10 heteroatoms. The van der Waals surface area contributed by atoms with Gasteiger partial charge in [-0.25, -0.2) is 18.0 Å². The minimum atomic E-state index is -1.45. The highest BCUT2D eigenvalue weighted by atomic mass is 19.1. The third kappa shape index (κ3) is 4.02. The summed E-state index contributed by atoms with van der Waals surface area (Å²) in [5.41, 5.74) is 0.643. The van der Waals surface area contributed by atoms with Crippen molar-refractivity contribution in [2.45, 2.75) is 56.8 Å². The van der Waals surface area contributed by atoms with Gasteiger partial charge >= 0.3 is 6.09 Å². The molecule has 4 aliphatic rings. The minimum absolute atomic E-state index is 0.0288. The van der Waals surface area contributed by atoms with Gasteiger partial charge in [0.2, 0.25) is 5.91 Å². The van der Waals surface area contributed by atoms with Crippen LogP contribution in [0.5, 0.6) is 0 Å². The predicted molar refractivity (Wildman–Crippen MR) is 133 cm³/mol. The van der Waals surface area contributed by atoms with E-state index in [1.165, 1.54) is 30.9 Å². The Labute approximate surface area is 217 Å². The van der Waals surface area contributed by atoms with E-state index in [0.29, 0.717) is 36.0 Å². The second-order valence-corrected chi connectivity index (χ2v) is 11.1. The maximum absolute atomic E-state index is 15.2. The summed E-state index contributed by atoms with van der Waals surface area (Å²) in [6.07, 6.45) is -0.283. The van der Waals surface area contributed by atoms with Crippen LogP contribution in [0.15, 0.2) is 30.3 Å². The highest BCUT2D eigenvalue weighted by Crippen LogP contribution is 2.48. The summed E-state index contributed by atoms with van der Waals surface area (Å²) in [5.74, 6) is -2.32. The van der Waals surface area contributed by atoms with Gasteiger partial charge in [0.05, 0.1) is 23.9 Å². The van der Waals surface area contributed by atoms with Crippen LogP contribution in [0.3, 0.4) is 0 Å². The number of hydrogen-bond donors (Lipinski definition) is 3. The number of rotatable bonds is 0. The Morgan fingerprint density at radius 1 is 1.05 bits per heavy atom. The number of carbonyl (C=O) groups is 2. The van der Waals surface area contributed by atoms with Crippen molar-refractivity contribution in [3.05, 3.63) is 58.9 Å². The van der Waals surface area contributed by atoms with Crippen molar-refractivity contribution in [2.75, 3.05) is 13.1 Å². The molecule has 4 bridgehead atoms. The zero-order valence-corrected chi connectivity index (χ0v) is 21.0. The number of nitrogens with zero attached hydrogens (tertiary/aromatic N) is 1. The molecular formula is C28H28F3N3O4. The van der Waals surface area contributed by atoms with Crippen molar-refractivity contribution in [2.24, 2.45) is 5.92 Å². The van der Waals surface area contributed by atoms with E-state index in [9.17, 15) is 23.5 Å². The first-order valence-electron chi connectivity index (χ1n) is 12.8. The van der Waals surface area contributed by atoms with Crippen LogP contribution in [-0.2, 0) is 15.1 Å². The van der Waals surface area contributed by atoms with Gasteiger partial charge in [-0.15, -0.1) is 0 Å².